The Bertz CT molecular complexity index is 1010. The first kappa shape index (κ1) is 25.3. The number of pyridine rings is 1. The van der Waals surface area contributed by atoms with Gasteiger partial charge in [0.05, 0.1) is 24.6 Å². The Morgan fingerprint density at radius 3 is 2.50 bits per heavy atom. The van der Waals surface area contributed by atoms with Crippen LogP contribution in [0.25, 0.3) is 11.1 Å². The molecule has 2 aromatic heterocycles. The molecule has 1 N–H and O–H groups in total. The number of aromatic nitrogens is 3. The molecule has 3 aromatic rings. The van der Waals surface area contributed by atoms with Crippen LogP contribution in [0.15, 0.2) is 48.9 Å². The first-order valence-corrected chi connectivity index (χ1v) is 11.5. The fourth-order valence-electron chi connectivity index (χ4n) is 3.57. The van der Waals surface area contributed by atoms with Crippen LogP contribution in [-0.2, 0) is 11.8 Å². The van der Waals surface area contributed by atoms with Gasteiger partial charge in [-0.1, -0.05) is 39.8 Å². The van der Waals surface area contributed by atoms with Gasteiger partial charge in [-0.3, -0.25) is 10.1 Å². The van der Waals surface area contributed by atoms with Gasteiger partial charge in [0.1, 0.15) is 5.82 Å². The molecule has 1 aliphatic heterocycles. The molecule has 1 aliphatic rings. The molecule has 6 heteroatoms. The summed E-state index contributed by atoms with van der Waals surface area (Å²) in [6.45, 7) is 14.5. The molecule has 1 atom stereocenters. The average molecular weight is 436 g/mol. The van der Waals surface area contributed by atoms with E-state index in [0.717, 1.165) is 46.7 Å². The molecule has 1 aromatic carbocycles. The lowest BCUT2D eigenvalue weighted by atomic mass is 9.95. The highest BCUT2D eigenvalue weighted by molar-refractivity contribution is 6.12. The van der Waals surface area contributed by atoms with E-state index in [0.29, 0.717) is 12.3 Å². The molecule has 0 amide bonds. The van der Waals surface area contributed by atoms with Crippen LogP contribution in [0.2, 0.25) is 0 Å². The van der Waals surface area contributed by atoms with Gasteiger partial charge in [0.25, 0.3) is 0 Å². The Hall–Kier alpha value is -2.99. The Kier molecular flexibility index (Phi) is 9.60. The summed E-state index contributed by atoms with van der Waals surface area (Å²) >= 11 is 0. The number of nitrogens with zero attached hydrogens (tertiary/aromatic N) is 4. The molecule has 4 rings (SSSR count). The summed E-state index contributed by atoms with van der Waals surface area (Å²) < 4.78 is 7.42. The van der Waals surface area contributed by atoms with Gasteiger partial charge in [0, 0.05) is 49.2 Å². The molecular formula is C26H37N5O. The molecule has 172 valence electrons. The van der Waals surface area contributed by atoms with Crippen LogP contribution >= 0.6 is 0 Å². The Morgan fingerprint density at radius 1 is 1.09 bits per heavy atom. The molecule has 6 nitrogen and oxygen atoms in total. The number of ether oxygens (including phenoxy) is 1. The zero-order valence-corrected chi connectivity index (χ0v) is 20.5. The van der Waals surface area contributed by atoms with Crippen LogP contribution in [0.5, 0.6) is 0 Å². The number of hydrogen-bond donors (Lipinski definition) is 1. The molecule has 0 saturated carbocycles. The molecule has 3 heterocycles. The second-order valence-electron chi connectivity index (χ2n) is 7.34. The molecule has 1 saturated heterocycles. The number of nitrogens with one attached hydrogen (secondary N) is 1. The van der Waals surface area contributed by atoms with Crippen LogP contribution in [0.4, 0.5) is 5.82 Å². The van der Waals surface area contributed by atoms with Gasteiger partial charge < -0.3 is 9.64 Å². The van der Waals surface area contributed by atoms with Crippen molar-refractivity contribution in [3.63, 3.8) is 0 Å². The van der Waals surface area contributed by atoms with Crippen LogP contribution in [0, 0.1) is 12.3 Å². The van der Waals surface area contributed by atoms with Crippen molar-refractivity contribution in [3.05, 3.63) is 65.6 Å². The Morgan fingerprint density at radius 2 is 1.84 bits per heavy atom. The van der Waals surface area contributed by atoms with Crippen LogP contribution in [0.1, 0.15) is 51.3 Å². The highest BCUT2D eigenvalue weighted by Gasteiger charge is 2.19. The second kappa shape index (κ2) is 12.2. The smallest absolute Gasteiger partial charge is 0.129 e. The quantitative estimate of drug-likeness (QED) is 0.551. The highest BCUT2D eigenvalue weighted by Crippen LogP contribution is 2.25. The zero-order valence-electron chi connectivity index (χ0n) is 20.5. The molecular weight excluding hydrogens is 398 g/mol. The summed E-state index contributed by atoms with van der Waals surface area (Å²) in [5, 5.41) is 13.1. The standard InChI is InChI=1S/C22H25N5O.2C2H6/c1-15-4-5-17(19-12-25-26(3)14-19)10-20(15)22(23)18-6-7-24-21(11-18)27-8-9-28-16(2)13-27;2*1-2/h4-7,10-12,14,16,23H,8-9,13H2,1-3H3;2*1-2H3/t16-;;/m0../s1. The third kappa shape index (κ3) is 6.04. The maximum atomic E-state index is 8.83. The molecule has 0 radical (unpaired) electrons. The van der Waals surface area contributed by atoms with Gasteiger partial charge >= 0.3 is 0 Å². The van der Waals surface area contributed by atoms with E-state index < -0.39 is 0 Å². The van der Waals surface area contributed by atoms with E-state index in [1.54, 1.807) is 10.9 Å². The van der Waals surface area contributed by atoms with E-state index in [-0.39, 0.29) is 6.10 Å². The summed E-state index contributed by atoms with van der Waals surface area (Å²) in [6.07, 6.45) is 5.82. The molecule has 32 heavy (non-hydrogen) atoms. The monoisotopic (exact) mass is 435 g/mol. The van der Waals surface area contributed by atoms with E-state index in [1.165, 1.54) is 0 Å². The van der Waals surface area contributed by atoms with Crippen LogP contribution in [0.3, 0.4) is 0 Å². The van der Waals surface area contributed by atoms with Crippen molar-refractivity contribution in [1.29, 1.82) is 5.41 Å². The lowest BCUT2D eigenvalue weighted by Crippen LogP contribution is -2.41. The van der Waals surface area contributed by atoms with Crippen molar-refractivity contribution >= 4 is 11.5 Å². The maximum Gasteiger partial charge on any atom is 0.129 e. The van der Waals surface area contributed by atoms with Crippen LogP contribution < -0.4 is 4.90 Å². The summed E-state index contributed by atoms with van der Waals surface area (Å²) in [4.78, 5) is 6.75. The molecule has 0 bridgehead atoms. The number of rotatable bonds is 4. The maximum absolute atomic E-state index is 8.83. The van der Waals surface area contributed by atoms with Gasteiger partial charge in [-0.25, -0.2) is 4.98 Å². The van der Waals surface area contributed by atoms with Crippen molar-refractivity contribution in [2.45, 2.75) is 47.6 Å². The van der Waals surface area contributed by atoms with E-state index >= 15 is 0 Å². The van der Waals surface area contributed by atoms with Gasteiger partial charge in [-0.05, 0) is 43.2 Å². The van der Waals surface area contributed by atoms with Gasteiger partial charge in [-0.15, -0.1) is 0 Å². The molecule has 0 spiro atoms. The number of anilines is 1. The van der Waals surface area contributed by atoms with E-state index in [4.69, 9.17) is 10.1 Å². The van der Waals surface area contributed by atoms with Crippen molar-refractivity contribution < 1.29 is 4.74 Å². The minimum Gasteiger partial charge on any atom is -0.375 e. The minimum absolute atomic E-state index is 0.192. The SMILES string of the molecule is CC.CC.Cc1ccc(-c2cnn(C)c2)cc1C(=N)c1ccnc(N2CCO[C@@H](C)C2)c1. The average Bonchev–Trinajstić information content (AvgIpc) is 3.28. The fourth-order valence-corrected chi connectivity index (χ4v) is 3.57. The summed E-state index contributed by atoms with van der Waals surface area (Å²) in [7, 11) is 1.91. The Labute approximate surface area is 192 Å². The predicted molar refractivity (Wildman–Crippen MR) is 134 cm³/mol. The van der Waals surface area contributed by atoms with E-state index in [2.05, 4.69) is 40.1 Å². The summed E-state index contributed by atoms with van der Waals surface area (Å²) in [6, 6.07) is 10.1. The molecule has 0 unspecified atom stereocenters. The topological polar surface area (TPSA) is 67.0 Å². The number of morpholine rings is 1. The molecule has 0 aliphatic carbocycles. The van der Waals surface area contributed by atoms with Crippen molar-refractivity contribution in [2.75, 3.05) is 24.6 Å². The summed E-state index contributed by atoms with van der Waals surface area (Å²) in [5.74, 6) is 0.901. The second-order valence-corrected chi connectivity index (χ2v) is 7.34. The third-order valence-corrected chi connectivity index (χ3v) is 5.14. The normalized spacial score (nSPS) is 15.2. The Balaban J connectivity index is 0.000000860. The minimum atomic E-state index is 0.192. The van der Waals surface area contributed by atoms with E-state index in [1.807, 2.05) is 66.2 Å². The van der Waals surface area contributed by atoms with E-state index in [9.17, 15) is 0 Å². The highest BCUT2D eigenvalue weighted by atomic mass is 16.5. The predicted octanol–water partition coefficient (Wildman–Crippen LogP) is 5.48. The first-order chi connectivity index (χ1) is 15.5. The first-order valence-electron chi connectivity index (χ1n) is 11.5. The number of hydrogen-bond acceptors (Lipinski definition) is 5. The number of aryl methyl sites for hydroxylation is 2. The van der Waals surface area contributed by atoms with Gasteiger partial charge in [-0.2, -0.15) is 5.10 Å². The van der Waals surface area contributed by atoms with Crippen molar-refractivity contribution in [2.24, 2.45) is 7.05 Å². The lowest BCUT2D eigenvalue weighted by molar-refractivity contribution is 0.0529. The van der Waals surface area contributed by atoms with Crippen LogP contribution in [-0.4, -0.2) is 46.3 Å². The van der Waals surface area contributed by atoms with Crippen molar-refractivity contribution in [1.82, 2.24) is 14.8 Å². The van der Waals surface area contributed by atoms with Crippen molar-refractivity contribution in [3.8, 4) is 11.1 Å². The lowest BCUT2D eigenvalue weighted by Gasteiger charge is -2.32. The van der Waals surface area contributed by atoms with Gasteiger partial charge in [0.15, 0.2) is 0 Å². The molecule has 1 fully saturated rings. The largest absolute Gasteiger partial charge is 0.375 e. The zero-order chi connectivity index (χ0) is 23.7. The number of benzene rings is 1. The third-order valence-electron chi connectivity index (χ3n) is 5.14. The fraction of sp³-hybridized carbons (Fsp3) is 0.423. The van der Waals surface area contributed by atoms with Gasteiger partial charge in [0.2, 0.25) is 0 Å². The summed E-state index contributed by atoms with van der Waals surface area (Å²) in [5.41, 5.74) is 5.50.